The number of aliphatic carboxylic acids is 2. The number of guanidine groups is 1. The molecule has 0 radical (unpaired) electrons. The van der Waals surface area contributed by atoms with Gasteiger partial charge in [0.2, 0.25) is 17.7 Å². The molecule has 1 aromatic rings. The Morgan fingerprint density at radius 1 is 0.892 bits per heavy atom. The average Bonchev–Trinajstić information content (AvgIpc) is 2.83. The quantitative estimate of drug-likeness (QED) is 0.0676. The van der Waals surface area contributed by atoms with Gasteiger partial charge in [0.25, 0.3) is 0 Å². The van der Waals surface area contributed by atoms with E-state index in [0.29, 0.717) is 0 Å². The summed E-state index contributed by atoms with van der Waals surface area (Å²) in [5.74, 6) is -4.95. The maximum absolute atomic E-state index is 12.7. The van der Waals surface area contributed by atoms with E-state index >= 15 is 0 Å². The normalized spacial score (nSPS) is 13.8. The molecule has 0 spiro atoms. The lowest BCUT2D eigenvalue weighted by Crippen LogP contribution is -2.56. The molecule has 1 aromatic carbocycles. The van der Waals surface area contributed by atoms with Crippen molar-refractivity contribution >= 4 is 35.6 Å². The number of aliphatic imine (C=N–C) groups is 1. The lowest BCUT2D eigenvalue weighted by atomic mass is 10.1. The Balaban J connectivity index is 2.77. The highest BCUT2D eigenvalue weighted by molar-refractivity contribution is 5.94. The minimum absolute atomic E-state index is 0.0107. The highest BCUT2D eigenvalue weighted by atomic mass is 16.4. The first-order chi connectivity index (χ1) is 17.4. The van der Waals surface area contributed by atoms with Gasteiger partial charge in [0, 0.05) is 13.0 Å². The molecular weight excluding hydrogens is 486 g/mol. The minimum atomic E-state index is -1.36. The molecule has 3 amide bonds. The van der Waals surface area contributed by atoms with E-state index in [1.54, 1.807) is 24.3 Å². The zero-order valence-electron chi connectivity index (χ0n) is 20.6. The van der Waals surface area contributed by atoms with Crippen LogP contribution in [0, 0.1) is 0 Å². The molecule has 0 saturated carbocycles. The number of amides is 3. The first-order valence-corrected chi connectivity index (χ1v) is 11.6. The van der Waals surface area contributed by atoms with Crippen LogP contribution in [0.5, 0.6) is 0 Å². The summed E-state index contributed by atoms with van der Waals surface area (Å²) < 4.78 is 0. The maximum Gasteiger partial charge on any atom is 0.326 e. The fourth-order valence-electron chi connectivity index (χ4n) is 3.21. The molecule has 204 valence electrons. The van der Waals surface area contributed by atoms with Crippen molar-refractivity contribution in [3.8, 4) is 0 Å². The van der Waals surface area contributed by atoms with E-state index in [2.05, 4.69) is 20.9 Å². The van der Waals surface area contributed by atoms with Gasteiger partial charge in [-0.2, -0.15) is 0 Å². The lowest BCUT2D eigenvalue weighted by molar-refractivity contribution is -0.143. The summed E-state index contributed by atoms with van der Waals surface area (Å²) in [5.41, 5.74) is 17.2. The van der Waals surface area contributed by atoms with Gasteiger partial charge in [-0.15, -0.1) is 0 Å². The number of hydrogen-bond acceptors (Lipinski definition) is 7. The van der Waals surface area contributed by atoms with Gasteiger partial charge < -0.3 is 43.4 Å². The highest BCUT2D eigenvalue weighted by Crippen LogP contribution is 2.05. The van der Waals surface area contributed by atoms with Crippen molar-refractivity contribution in [3.63, 3.8) is 0 Å². The molecule has 1 rings (SSSR count). The van der Waals surface area contributed by atoms with Crippen molar-refractivity contribution < 1.29 is 34.2 Å². The summed E-state index contributed by atoms with van der Waals surface area (Å²) in [6, 6.07) is 4.32. The lowest BCUT2D eigenvalue weighted by Gasteiger charge is -2.23. The highest BCUT2D eigenvalue weighted by Gasteiger charge is 2.29. The third-order valence-electron chi connectivity index (χ3n) is 5.23. The first kappa shape index (κ1) is 30.8. The zero-order valence-corrected chi connectivity index (χ0v) is 20.6. The SMILES string of the molecule is CC(NC(=O)C(N)Cc1ccccc1)C(=O)NC(CCC(=O)O)C(=O)NC(CCCN=C(N)N)C(=O)O. The molecule has 14 nitrogen and oxygen atoms in total. The topological polar surface area (TPSA) is 252 Å². The van der Waals surface area contributed by atoms with Gasteiger partial charge in [-0.3, -0.25) is 24.2 Å². The molecule has 0 bridgehead atoms. The monoisotopic (exact) mass is 521 g/mol. The van der Waals surface area contributed by atoms with Crippen molar-refractivity contribution in [3.05, 3.63) is 35.9 Å². The largest absolute Gasteiger partial charge is 0.481 e. The van der Waals surface area contributed by atoms with Gasteiger partial charge in [0.15, 0.2) is 5.96 Å². The van der Waals surface area contributed by atoms with E-state index in [1.807, 2.05) is 6.07 Å². The second-order valence-corrected chi connectivity index (χ2v) is 8.37. The van der Waals surface area contributed by atoms with Gasteiger partial charge >= 0.3 is 11.9 Å². The molecule has 0 saturated heterocycles. The van der Waals surface area contributed by atoms with Crippen LogP contribution in [0.25, 0.3) is 0 Å². The number of hydrogen-bond donors (Lipinski definition) is 8. The standard InChI is InChI=1S/C23H35N7O7/c1-13(28-20(34)15(24)12-14-6-3-2-4-7-14)19(33)29-16(9-10-18(31)32)21(35)30-17(22(36)37)8-5-11-27-23(25)26/h2-4,6-7,13,15-17H,5,8-12,24H2,1H3,(H,28,34)(H,29,33)(H,30,35)(H,31,32)(H,36,37)(H4,25,26,27). The Labute approximate surface area is 214 Å². The van der Waals surface area contributed by atoms with Crippen molar-refractivity contribution in [1.29, 1.82) is 0 Å². The van der Waals surface area contributed by atoms with Gasteiger partial charge in [-0.05, 0) is 38.2 Å². The third-order valence-corrected chi connectivity index (χ3v) is 5.23. The number of nitrogens with one attached hydrogen (secondary N) is 3. The van der Waals surface area contributed by atoms with Crippen LogP contribution in [0.1, 0.15) is 38.2 Å². The van der Waals surface area contributed by atoms with Gasteiger partial charge in [0.1, 0.15) is 18.1 Å². The number of carbonyl (C=O) groups excluding carboxylic acids is 3. The summed E-state index contributed by atoms with van der Waals surface area (Å²) in [6.45, 7) is 1.52. The zero-order chi connectivity index (χ0) is 28.0. The smallest absolute Gasteiger partial charge is 0.326 e. The fraction of sp³-hybridized carbons (Fsp3) is 0.478. The molecule has 37 heavy (non-hydrogen) atoms. The van der Waals surface area contributed by atoms with Crippen LogP contribution in [-0.2, 0) is 30.4 Å². The molecule has 0 aliphatic rings. The van der Waals surface area contributed by atoms with Crippen LogP contribution < -0.4 is 33.2 Å². The summed E-state index contributed by atoms with van der Waals surface area (Å²) in [7, 11) is 0. The molecule has 4 atom stereocenters. The molecule has 0 fully saturated rings. The van der Waals surface area contributed by atoms with E-state index in [0.717, 1.165) is 5.56 Å². The van der Waals surface area contributed by atoms with Gasteiger partial charge in [0.05, 0.1) is 6.04 Å². The van der Waals surface area contributed by atoms with Crippen LogP contribution in [0.15, 0.2) is 35.3 Å². The number of carboxylic acid groups (broad SMARTS) is 2. The number of nitrogens with zero attached hydrogens (tertiary/aromatic N) is 1. The van der Waals surface area contributed by atoms with Crippen LogP contribution in [0.4, 0.5) is 0 Å². The number of nitrogens with two attached hydrogens (primary N) is 3. The molecule has 0 aliphatic carbocycles. The fourth-order valence-corrected chi connectivity index (χ4v) is 3.21. The van der Waals surface area contributed by atoms with Gasteiger partial charge in [-0.1, -0.05) is 30.3 Å². The molecule has 14 heteroatoms. The minimum Gasteiger partial charge on any atom is -0.481 e. The van der Waals surface area contributed by atoms with E-state index in [1.165, 1.54) is 6.92 Å². The van der Waals surface area contributed by atoms with Crippen molar-refractivity contribution in [1.82, 2.24) is 16.0 Å². The predicted octanol–water partition coefficient (Wildman–Crippen LogP) is -1.97. The van der Waals surface area contributed by atoms with Crippen molar-refractivity contribution in [2.24, 2.45) is 22.2 Å². The second-order valence-electron chi connectivity index (χ2n) is 8.37. The number of rotatable bonds is 16. The molecule has 0 heterocycles. The summed E-state index contributed by atoms with van der Waals surface area (Å²) >= 11 is 0. The summed E-state index contributed by atoms with van der Waals surface area (Å²) in [5, 5.41) is 25.6. The van der Waals surface area contributed by atoms with Crippen molar-refractivity contribution in [2.45, 2.75) is 63.2 Å². The average molecular weight is 522 g/mol. The third kappa shape index (κ3) is 12.4. The van der Waals surface area contributed by atoms with Crippen LogP contribution in [0.3, 0.4) is 0 Å². The van der Waals surface area contributed by atoms with E-state index in [-0.39, 0.29) is 38.2 Å². The predicted molar refractivity (Wildman–Crippen MR) is 134 cm³/mol. The Morgan fingerprint density at radius 3 is 2.08 bits per heavy atom. The van der Waals surface area contributed by atoms with E-state index in [9.17, 15) is 29.1 Å². The molecular formula is C23H35N7O7. The number of carbonyl (C=O) groups is 5. The molecule has 11 N–H and O–H groups in total. The van der Waals surface area contributed by atoms with Crippen molar-refractivity contribution in [2.75, 3.05) is 6.54 Å². The van der Waals surface area contributed by atoms with Crippen LogP contribution >= 0.6 is 0 Å². The second kappa shape index (κ2) is 15.7. The Bertz CT molecular complexity index is 967. The summed E-state index contributed by atoms with van der Waals surface area (Å²) in [4.78, 5) is 64.2. The molecule has 0 aliphatic heterocycles. The Hall–Kier alpha value is -4.20. The number of benzene rings is 1. The Kier molecular flexibility index (Phi) is 13.1. The molecule has 4 unspecified atom stereocenters. The maximum atomic E-state index is 12.7. The van der Waals surface area contributed by atoms with E-state index < -0.39 is 60.2 Å². The number of carboxylic acids is 2. The van der Waals surface area contributed by atoms with Gasteiger partial charge in [-0.25, -0.2) is 4.79 Å². The molecule has 0 aromatic heterocycles. The van der Waals surface area contributed by atoms with Crippen LogP contribution in [-0.4, -0.2) is 76.5 Å². The summed E-state index contributed by atoms with van der Waals surface area (Å²) in [6.07, 6.45) is -0.300. The van der Waals surface area contributed by atoms with E-state index in [4.69, 9.17) is 22.3 Å². The van der Waals surface area contributed by atoms with Crippen LogP contribution in [0.2, 0.25) is 0 Å². The Morgan fingerprint density at radius 2 is 1.51 bits per heavy atom. The first-order valence-electron chi connectivity index (χ1n) is 11.6.